The van der Waals surface area contributed by atoms with Crippen LogP contribution < -0.4 is 10.2 Å². The summed E-state index contributed by atoms with van der Waals surface area (Å²) in [7, 11) is 4.04. The van der Waals surface area contributed by atoms with Gasteiger partial charge in [-0.15, -0.1) is 0 Å². The zero-order chi connectivity index (χ0) is 15.1. The van der Waals surface area contributed by atoms with Gasteiger partial charge in [0.2, 0.25) is 0 Å². The number of nitrogens with one attached hydrogen (secondary N) is 1. The molecule has 0 aliphatic heterocycles. The van der Waals surface area contributed by atoms with Gasteiger partial charge in [0.15, 0.2) is 0 Å². The third-order valence-corrected chi connectivity index (χ3v) is 3.13. The number of ether oxygens (including phenoxy) is 1. The molecule has 114 valence electrons. The van der Waals surface area contributed by atoms with Crippen LogP contribution in [0.1, 0.15) is 44.9 Å². The van der Waals surface area contributed by atoms with Crippen molar-refractivity contribution in [3.8, 4) is 0 Å². The second kappa shape index (κ2) is 8.22. The predicted octanol–water partition coefficient (Wildman–Crippen LogP) is 2.79. The minimum absolute atomic E-state index is 0.276. The van der Waals surface area contributed by atoms with Gasteiger partial charge in [-0.3, -0.25) is 0 Å². The van der Waals surface area contributed by atoms with Crippen LogP contribution in [-0.2, 0) is 11.3 Å². The summed E-state index contributed by atoms with van der Waals surface area (Å²) in [4.78, 5) is 6.92. The monoisotopic (exact) mass is 279 g/mol. The Labute approximate surface area is 123 Å². The molecule has 1 aromatic rings. The summed E-state index contributed by atoms with van der Waals surface area (Å²) in [5, 5.41) is 3.20. The van der Waals surface area contributed by atoms with Crippen LogP contribution in [0.4, 0.5) is 5.82 Å². The van der Waals surface area contributed by atoms with E-state index in [1.165, 1.54) is 5.56 Å². The Morgan fingerprint density at radius 3 is 2.50 bits per heavy atom. The molecule has 0 saturated heterocycles. The maximum atomic E-state index is 5.61. The standard InChI is InChI=1S/C16H29N3O/c1-12(2)15-9-14(11-17-5)10-16(18-15)19(6)7-8-20-13(3)4/h9-10,12-13,17H,7-8,11H2,1-6H3. The SMILES string of the molecule is CNCc1cc(C(C)C)nc(N(C)CCOC(C)C)c1. The lowest BCUT2D eigenvalue weighted by molar-refractivity contribution is 0.0845. The van der Waals surface area contributed by atoms with E-state index in [0.29, 0.717) is 5.92 Å². The van der Waals surface area contributed by atoms with Crippen molar-refractivity contribution < 1.29 is 4.74 Å². The van der Waals surface area contributed by atoms with Gasteiger partial charge in [-0.2, -0.15) is 0 Å². The first-order chi connectivity index (χ1) is 9.43. The summed E-state index contributed by atoms with van der Waals surface area (Å²) in [6, 6.07) is 4.33. The van der Waals surface area contributed by atoms with Gasteiger partial charge in [-0.25, -0.2) is 4.98 Å². The van der Waals surface area contributed by atoms with Crippen LogP contribution in [0.3, 0.4) is 0 Å². The number of rotatable bonds is 8. The van der Waals surface area contributed by atoms with Gasteiger partial charge in [-0.05, 0) is 44.5 Å². The molecule has 0 fully saturated rings. The highest BCUT2D eigenvalue weighted by molar-refractivity contribution is 5.42. The van der Waals surface area contributed by atoms with Gasteiger partial charge in [-0.1, -0.05) is 13.8 Å². The summed E-state index contributed by atoms with van der Waals surface area (Å²) < 4.78 is 5.61. The van der Waals surface area contributed by atoms with Crippen molar-refractivity contribution in [2.45, 2.75) is 46.3 Å². The minimum atomic E-state index is 0.276. The van der Waals surface area contributed by atoms with E-state index in [-0.39, 0.29) is 6.10 Å². The molecule has 0 aliphatic rings. The van der Waals surface area contributed by atoms with Crippen LogP contribution in [-0.4, -0.2) is 38.3 Å². The third kappa shape index (κ3) is 5.47. The summed E-state index contributed by atoms with van der Waals surface area (Å²) in [5.74, 6) is 1.46. The van der Waals surface area contributed by atoms with Crippen molar-refractivity contribution in [1.82, 2.24) is 10.3 Å². The lowest BCUT2D eigenvalue weighted by atomic mass is 10.1. The number of hydrogen-bond acceptors (Lipinski definition) is 4. The minimum Gasteiger partial charge on any atom is -0.377 e. The maximum absolute atomic E-state index is 5.61. The molecule has 1 aromatic heterocycles. The van der Waals surface area contributed by atoms with E-state index in [9.17, 15) is 0 Å². The fourth-order valence-electron chi connectivity index (χ4n) is 1.93. The Balaban J connectivity index is 2.80. The first kappa shape index (κ1) is 16.9. The molecule has 4 heteroatoms. The molecule has 0 saturated carbocycles. The highest BCUT2D eigenvalue weighted by Gasteiger charge is 2.09. The number of hydrogen-bond donors (Lipinski definition) is 1. The summed E-state index contributed by atoms with van der Waals surface area (Å²) in [6.07, 6.45) is 0.276. The molecule has 0 amide bonds. The normalized spacial score (nSPS) is 11.4. The lowest BCUT2D eigenvalue weighted by Crippen LogP contribution is -2.25. The van der Waals surface area contributed by atoms with Crippen molar-refractivity contribution in [2.24, 2.45) is 0 Å². The van der Waals surface area contributed by atoms with Gasteiger partial charge in [0.25, 0.3) is 0 Å². The van der Waals surface area contributed by atoms with E-state index in [4.69, 9.17) is 9.72 Å². The third-order valence-electron chi connectivity index (χ3n) is 3.13. The molecule has 20 heavy (non-hydrogen) atoms. The molecule has 0 radical (unpaired) electrons. The van der Waals surface area contributed by atoms with Gasteiger partial charge in [0.05, 0.1) is 12.7 Å². The van der Waals surface area contributed by atoms with E-state index in [1.807, 2.05) is 7.05 Å². The molecule has 0 aliphatic carbocycles. The largest absolute Gasteiger partial charge is 0.377 e. The number of nitrogens with zero attached hydrogens (tertiary/aromatic N) is 2. The second-order valence-electron chi connectivity index (χ2n) is 5.78. The summed E-state index contributed by atoms with van der Waals surface area (Å²) >= 11 is 0. The first-order valence-corrected chi connectivity index (χ1v) is 7.42. The molecule has 1 rings (SSSR count). The van der Waals surface area contributed by atoms with Crippen LogP contribution in [0.25, 0.3) is 0 Å². The van der Waals surface area contributed by atoms with Crippen LogP contribution >= 0.6 is 0 Å². The quantitative estimate of drug-likeness (QED) is 0.794. The first-order valence-electron chi connectivity index (χ1n) is 7.42. The van der Waals surface area contributed by atoms with Gasteiger partial charge in [0.1, 0.15) is 5.82 Å². The smallest absolute Gasteiger partial charge is 0.128 e. The van der Waals surface area contributed by atoms with E-state index < -0.39 is 0 Å². The molecule has 0 spiro atoms. The van der Waals surface area contributed by atoms with E-state index in [2.05, 4.69) is 57.1 Å². The topological polar surface area (TPSA) is 37.4 Å². The van der Waals surface area contributed by atoms with Crippen LogP contribution in [0, 0.1) is 0 Å². The fraction of sp³-hybridized carbons (Fsp3) is 0.688. The van der Waals surface area contributed by atoms with Crippen LogP contribution in [0.5, 0.6) is 0 Å². The molecule has 1 heterocycles. The van der Waals surface area contributed by atoms with Crippen molar-refractivity contribution in [3.63, 3.8) is 0 Å². The van der Waals surface area contributed by atoms with E-state index in [1.54, 1.807) is 0 Å². The van der Waals surface area contributed by atoms with Crippen LogP contribution in [0.2, 0.25) is 0 Å². The van der Waals surface area contributed by atoms with Crippen molar-refractivity contribution in [1.29, 1.82) is 0 Å². The molecular formula is C16H29N3O. The van der Waals surface area contributed by atoms with Crippen molar-refractivity contribution >= 4 is 5.82 Å². The van der Waals surface area contributed by atoms with Crippen molar-refractivity contribution in [3.05, 3.63) is 23.4 Å². The average molecular weight is 279 g/mol. The van der Waals surface area contributed by atoms with Gasteiger partial charge < -0.3 is 15.0 Å². The average Bonchev–Trinajstić information content (AvgIpc) is 2.38. The highest BCUT2D eigenvalue weighted by Crippen LogP contribution is 2.19. The Morgan fingerprint density at radius 2 is 1.95 bits per heavy atom. The van der Waals surface area contributed by atoms with E-state index >= 15 is 0 Å². The van der Waals surface area contributed by atoms with Crippen LogP contribution in [0.15, 0.2) is 12.1 Å². The molecule has 0 bridgehead atoms. The Morgan fingerprint density at radius 1 is 1.25 bits per heavy atom. The highest BCUT2D eigenvalue weighted by atomic mass is 16.5. The number of anilines is 1. The van der Waals surface area contributed by atoms with Gasteiger partial charge >= 0.3 is 0 Å². The fourth-order valence-corrected chi connectivity index (χ4v) is 1.93. The molecule has 0 atom stereocenters. The number of aromatic nitrogens is 1. The number of likely N-dealkylation sites (N-methyl/N-ethyl adjacent to an activating group) is 1. The Hall–Kier alpha value is -1.13. The number of pyridine rings is 1. The van der Waals surface area contributed by atoms with Crippen molar-refractivity contribution in [2.75, 3.05) is 32.1 Å². The van der Waals surface area contributed by atoms with Gasteiger partial charge in [0, 0.05) is 25.8 Å². The second-order valence-corrected chi connectivity index (χ2v) is 5.78. The zero-order valence-electron chi connectivity index (χ0n) is 13.7. The van der Waals surface area contributed by atoms with E-state index in [0.717, 1.165) is 31.2 Å². The molecule has 1 N–H and O–H groups in total. The Bertz CT molecular complexity index is 405. The summed E-state index contributed by atoms with van der Waals surface area (Å²) in [5.41, 5.74) is 2.42. The maximum Gasteiger partial charge on any atom is 0.128 e. The lowest BCUT2D eigenvalue weighted by Gasteiger charge is -2.21. The predicted molar refractivity (Wildman–Crippen MR) is 85.4 cm³/mol. The molecule has 0 unspecified atom stereocenters. The summed E-state index contributed by atoms with van der Waals surface area (Å²) in [6.45, 7) is 10.9. The molecule has 4 nitrogen and oxygen atoms in total. The zero-order valence-corrected chi connectivity index (χ0v) is 13.7. The molecule has 0 aromatic carbocycles. The molecular weight excluding hydrogens is 250 g/mol. The Kier molecular flexibility index (Phi) is 6.96.